The summed E-state index contributed by atoms with van der Waals surface area (Å²) in [5, 5.41) is 0. The molecular formula is C25H31NO4. The minimum absolute atomic E-state index is 0.297. The standard InChI is InChI=1S/C25H31NO4/c1-3-4-5-6-7-11-23(30-25(27)24-13-8-9-18-26-24)12-10-19-29-20-21-14-16-22(28-2)17-15-21/h8-9,13-18,23H,3-6,10,12,19-20H2,1-2H3/t23-/m1/s1. The third-order valence-electron chi connectivity index (χ3n) is 4.47. The monoisotopic (exact) mass is 409 g/mol. The molecule has 160 valence electrons. The van der Waals surface area contributed by atoms with Crippen molar-refractivity contribution < 1.29 is 19.0 Å². The van der Waals surface area contributed by atoms with E-state index in [0.29, 0.717) is 25.3 Å². The normalized spacial score (nSPS) is 11.3. The molecule has 0 unspecified atom stereocenters. The topological polar surface area (TPSA) is 57.7 Å². The highest BCUT2D eigenvalue weighted by Crippen LogP contribution is 2.12. The summed E-state index contributed by atoms with van der Waals surface area (Å²) in [6.07, 6.45) is 6.70. The zero-order valence-electron chi connectivity index (χ0n) is 17.9. The number of hydrogen-bond acceptors (Lipinski definition) is 5. The summed E-state index contributed by atoms with van der Waals surface area (Å²) in [5.74, 6) is 6.65. The predicted molar refractivity (Wildman–Crippen MR) is 117 cm³/mol. The summed E-state index contributed by atoms with van der Waals surface area (Å²) in [5.41, 5.74) is 1.38. The van der Waals surface area contributed by atoms with Crippen LogP contribution in [0.4, 0.5) is 0 Å². The van der Waals surface area contributed by atoms with Gasteiger partial charge in [0, 0.05) is 19.2 Å². The molecule has 0 aliphatic heterocycles. The fourth-order valence-corrected chi connectivity index (χ4v) is 2.77. The highest BCUT2D eigenvalue weighted by atomic mass is 16.5. The van der Waals surface area contributed by atoms with Crippen LogP contribution in [0.25, 0.3) is 0 Å². The molecule has 0 aliphatic rings. The van der Waals surface area contributed by atoms with E-state index in [-0.39, 0.29) is 0 Å². The van der Waals surface area contributed by atoms with Gasteiger partial charge in [0.25, 0.3) is 0 Å². The highest BCUT2D eigenvalue weighted by Gasteiger charge is 2.14. The van der Waals surface area contributed by atoms with Crippen LogP contribution in [-0.2, 0) is 16.1 Å². The number of carbonyl (C=O) groups is 1. The third kappa shape index (κ3) is 9.11. The molecule has 0 aliphatic carbocycles. The summed E-state index contributed by atoms with van der Waals surface area (Å²) in [6.45, 7) is 3.27. The van der Waals surface area contributed by atoms with E-state index in [2.05, 4.69) is 23.7 Å². The Morgan fingerprint density at radius 1 is 1.10 bits per heavy atom. The van der Waals surface area contributed by atoms with Gasteiger partial charge < -0.3 is 14.2 Å². The van der Waals surface area contributed by atoms with Crippen molar-refractivity contribution in [2.24, 2.45) is 0 Å². The van der Waals surface area contributed by atoms with Crippen LogP contribution in [0.3, 0.4) is 0 Å². The van der Waals surface area contributed by atoms with Gasteiger partial charge in [-0.2, -0.15) is 0 Å². The van der Waals surface area contributed by atoms with Crippen LogP contribution in [0.2, 0.25) is 0 Å². The van der Waals surface area contributed by atoms with E-state index >= 15 is 0 Å². The van der Waals surface area contributed by atoms with Crippen molar-refractivity contribution in [3.05, 3.63) is 59.9 Å². The number of ether oxygens (including phenoxy) is 3. The number of carbonyl (C=O) groups excluding carboxylic acids is 1. The van der Waals surface area contributed by atoms with Crippen LogP contribution < -0.4 is 4.74 Å². The van der Waals surface area contributed by atoms with E-state index in [1.54, 1.807) is 31.5 Å². The molecule has 0 saturated heterocycles. The molecule has 0 radical (unpaired) electrons. The molecule has 0 bridgehead atoms. The van der Waals surface area contributed by atoms with Crippen molar-refractivity contribution in [1.82, 2.24) is 4.98 Å². The van der Waals surface area contributed by atoms with Gasteiger partial charge in [-0.1, -0.05) is 49.8 Å². The number of hydrogen-bond donors (Lipinski definition) is 0. The zero-order chi connectivity index (χ0) is 21.4. The molecule has 1 heterocycles. The predicted octanol–water partition coefficient (Wildman–Crippen LogP) is 5.20. The molecular weight excluding hydrogens is 378 g/mol. The van der Waals surface area contributed by atoms with Gasteiger partial charge in [0.15, 0.2) is 6.10 Å². The van der Waals surface area contributed by atoms with E-state index in [1.807, 2.05) is 24.3 Å². The molecule has 1 aromatic heterocycles. The van der Waals surface area contributed by atoms with Gasteiger partial charge >= 0.3 is 5.97 Å². The Morgan fingerprint density at radius 3 is 2.63 bits per heavy atom. The van der Waals surface area contributed by atoms with E-state index in [9.17, 15) is 4.79 Å². The van der Waals surface area contributed by atoms with Crippen molar-refractivity contribution in [2.45, 2.75) is 58.2 Å². The first kappa shape index (κ1) is 23.4. The lowest BCUT2D eigenvalue weighted by atomic mass is 10.1. The van der Waals surface area contributed by atoms with Crippen LogP contribution in [0.15, 0.2) is 48.7 Å². The van der Waals surface area contributed by atoms with E-state index in [0.717, 1.165) is 43.4 Å². The molecule has 5 nitrogen and oxygen atoms in total. The Bertz CT molecular complexity index is 793. The first-order valence-corrected chi connectivity index (χ1v) is 10.5. The minimum atomic E-state index is -0.453. The van der Waals surface area contributed by atoms with Crippen LogP contribution in [-0.4, -0.2) is 30.8 Å². The zero-order valence-corrected chi connectivity index (χ0v) is 17.9. The summed E-state index contributed by atoms with van der Waals surface area (Å²) in [6, 6.07) is 13.0. The van der Waals surface area contributed by atoms with Crippen molar-refractivity contribution in [2.75, 3.05) is 13.7 Å². The SMILES string of the molecule is CCCCCC#C[C@H](CCCOCc1ccc(OC)cc1)OC(=O)c1ccccn1. The lowest BCUT2D eigenvalue weighted by molar-refractivity contribution is 0.0360. The molecule has 0 N–H and O–H groups in total. The number of benzene rings is 1. The number of pyridine rings is 1. The molecule has 0 spiro atoms. The van der Waals surface area contributed by atoms with Gasteiger partial charge in [-0.3, -0.25) is 0 Å². The Hall–Kier alpha value is -2.84. The first-order valence-electron chi connectivity index (χ1n) is 10.5. The highest BCUT2D eigenvalue weighted by molar-refractivity contribution is 5.87. The number of nitrogens with zero attached hydrogens (tertiary/aromatic N) is 1. The summed E-state index contributed by atoms with van der Waals surface area (Å²) >= 11 is 0. The van der Waals surface area contributed by atoms with Gasteiger partial charge in [-0.05, 0) is 49.1 Å². The maximum Gasteiger partial charge on any atom is 0.358 e. The Labute approximate surface area is 179 Å². The van der Waals surface area contributed by atoms with Crippen LogP contribution in [0, 0.1) is 11.8 Å². The summed E-state index contributed by atoms with van der Waals surface area (Å²) < 4.78 is 16.5. The number of methoxy groups -OCH3 is 1. The largest absolute Gasteiger partial charge is 0.497 e. The molecule has 0 amide bonds. The molecule has 2 rings (SSSR count). The van der Waals surface area contributed by atoms with Crippen molar-refractivity contribution >= 4 is 5.97 Å². The molecule has 2 aromatic rings. The van der Waals surface area contributed by atoms with Gasteiger partial charge in [-0.15, -0.1) is 0 Å². The van der Waals surface area contributed by atoms with Gasteiger partial charge in [-0.25, -0.2) is 9.78 Å². The lowest BCUT2D eigenvalue weighted by Gasteiger charge is -2.12. The van der Waals surface area contributed by atoms with Gasteiger partial charge in [0.1, 0.15) is 11.4 Å². The third-order valence-corrected chi connectivity index (χ3v) is 4.47. The second kappa shape index (κ2) is 14.2. The van der Waals surface area contributed by atoms with Crippen molar-refractivity contribution in [3.63, 3.8) is 0 Å². The minimum Gasteiger partial charge on any atom is -0.497 e. The maximum atomic E-state index is 12.3. The lowest BCUT2D eigenvalue weighted by Crippen LogP contribution is -2.18. The summed E-state index contributed by atoms with van der Waals surface area (Å²) in [7, 11) is 1.65. The second-order valence-electron chi connectivity index (χ2n) is 6.93. The molecule has 0 fully saturated rings. The number of esters is 1. The fourth-order valence-electron chi connectivity index (χ4n) is 2.77. The van der Waals surface area contributed by atoms with Crippen LogP contribution in [0.1, 0.15) is 61.5 Å². The van der Waals surface area contributed by atoms with E-state index in [1.165, 1.54) is 0 Å². The Kier molecular flexibility index (Phi) is 11.1. The molecule has 30 heavy (non-hydrogen) atoms. The van der Waals surface area contributed by atoms with Gasteiger partial charge in [0.2, 0.25) is 0 Å². The molecule has 0 saturated carbocycles. The van der Waals surface area contributed by atoms with Gasteiger partial charge in [0.05, 0.1) is 13.7 Å². The average Bonchev–Trinajstić information content (AvgIpc) is 2.79. The Morgan fingerprint density at radius 2 is 1.93 bits per heavy atom. The molecule has 5 heteroatoms. The van der Waals surface area contributed by atoms with Crippen molar-refractivity contribution in [1.29, 1.82) is 0 Å². The van der Waals surface area contributed by atoms with E-state index in [4.69, 9.17) is 14.2 Å². The second-order valence-corrected chi connectivity index (χ2v) is 6.93. The van der Waals surface area contributed by atoms with E-state index < -0.39 is 12.1 Å². The number of unbranched alkanes of at least 4 members (excludes halogenated alkanes) is 3. The summed E-state index contributed by atoms with van der Waals surface area (Å²) in [4.78, 5) is 16.4. The maximum absolute atomic E-state index is 12.3. The first-order chi connectivity index (χ1) is 14.7. The fraction of sp³-hybridized carbons (Fsp3) is 0.440. The quantitative estimate of drug-likeness (QED) is 0.274. The number of rotatable bonds is 12. The smallest absolute Gasteiger partial charge is 0.358 e. The van der Waals surface area contributed by atoms with Crippen LogP contribution >= 0.6 is 0 Å². The Balaban J connectivity index is 1.79. The van der Waals surface area contributed by atoms with Crippen LogP contribution in [0.5, 0.6) is 5.75 Å². The molecule has 1 atom stereocenters. The number of aromatic nitrogens is 1. The van der Waals surface area contributed by atoms with Crippen molar-refractivity contribution in [3.8, 4) is 17.6 Å². The average molecular weight is 410 g/mol. The molecule has 1 aromatic carbocycles.